The molecular formula is C19H26N2. The number of nitrogens with zero attached hydrogens (tertiary/aromatic N) is 1. The SMILES string of the molecule is CCCN(Cc1ccccc1)C(c1ccccc1)C(C)N. The smallest absolute Gasteiger partial charge is 0.0500 e. The highest BCUT2D eigenvalue weighted by atomic mass is 15.2. The fourth-order valence-corrected chi connectivity index (χ4v) is 2.92. The molecule has 2 atom stereocenters. The maximum atomic E-state index is 6.31. The molecule has 0 aliphatic carbocycles. The quantitative estimate of drug-likeness (QED) is 0.832. The van der Waals surface area contributed by atoms with Gasteiger partial charge in [0.15, 0.2) is 0 Å². The summed E-state index contributed by atoms with van der Waals surface area (Å²) < 4.78 is 0. The van der Waals surface area contributed by atoms with Crippen molar-refractivity contribution in [2.45, 2.75) is 38.9 Å². The van der Waals surface area contributed by atoms with Gasteiger partial charge in [0.1, 0.15) is 0 Å². The predicted molar refractivity (Wildman–Crippen MR) is 90.0 cm³/mol. The predicted octanol–water partition coefficient (Wildman–Crippen LogP) is 3.99. The third-order valence-corrected chi connectivity index (χ3v) is 3.77. The molecule has 0 aliphatic rings. The Bertz CT molecular complexity index is 508. The van der Waals surface area contributed by atoms with Gasteiger partial charge in [0.2, 0.25) is 0 Å². The molecule has 0 radical (unpaired) electrons. The largest absolute Gasteiger partial charge is 0.326 e. The highest BCUT2D eigenvalue weighted by Crippen LogP contribution is 2.25. The molecule has 21 heavy (non-hydrogen) atoms. The Labute approximate surface area is 128 Å². The van der Waals surface area contributed by atoms with Gasteiger partial charge >= 0.3 is 0 Å². The fraction of sp³-hybridized carbons (Fsp3) is 0.368. The molecule has 2 heteroatoms. The molecular weight excluding hydrogens is 256 g/mol. The zero-order valence-corrected chi connectivity index (χ0v) is 13.1. The number of hydrogen-bond acceptors (Lipinski definition) is 2. The van der Waals surface area contributed by atoms with E-state index in [0.717, 1.165) is 19.5 Å². The molecule has 0 saturated carbocycles. The maximum absolute atomic E-state index is 6.31. The van der Waals surface area contributed by atoms with Gasteiger partial charge < -0.3 is 5.73 Å². The van der Waals surface area contributed by atoms with E-state index in [1.54, 1.807) is 0 Å². The van der Waals surface area contributed by atoms with Crippen LogP contribution >= 0.6 is 0 Å². The zero-order valence-electron chi connectivity index (χ0n) is 13.1. The lowest BCUT2D eigenvalue weighted by Crippen LogP contribution is -2.39. The summed E-state index contributed by atoms with van der Waals surface area (Å²) in [7, 11) is 0. The zero-order chi connectivity index (χ0) is 15.1. The molecule has 0 aromatic heterocycles. The average Bonchev–Trinajstić information content (AvgIpc) is 2.49. The molecule has 2 nitrogen and oxygen atoms in total. The van der Waals surface area contributed by atoms with Crippen molar-refractivity contribution in [2.24, 2.45) is 5.73 Å². The summed E-state index contributed by atoms with van der Waals surface area (Å²) in [5.41, 5.74) is 8.95. The first-order valence-electron chi connectivity index (χ1n) is 7.81. The molecule has 0 fully saturated rings. The van der Waals surface area contributed by atoms with Gasteiger partial charge in [-0.1, -0.05) is 67.6 Å². The Morgan fingerprint density at radius 2 is 1.52 bits per heavy atom. The average molecular weight is 282 g/mol. The van der Waals surface area contributed by atoms with E-state index in [2.05, 4.69) is 79.4 Å². The highest BCUT2D eigenvalue weighted by molar-refractivity contribution is 5.22. The van der Waals surface area contributed by atoms with Crippen molar-refractivity contribution in [1.29, 1.82) is 0 Å². The summed E-state index contributed by atoms with van der Waals surface area (Å²) in [4.78, 5) is 2.50. The van der Waals surface area contributed by atoms with Gasteiger partial charge in [0.05, 0.1) is 0 Å². The van der Waals surface area contributed by atoms with E-state index >= 15 is 0 Å². The first kappa shape index (κ1) is 15.7. The van der Waals surface area contributed by atoms with Crippen LogP contribution < -0.4 is 5.73 Å². The summed E-state index contributed by atoms with van der Waals surface area (Å²) in [6, 6.07) is 21.6. The maximum Gasteiger partial charge on any atom is 0.0500 e. The van der Waals surface area contributed by atoms with Crippen LogP contribution in [0.15, 0.2) is 60.7 Å². The second-order valence-corrected chi connectivity index (χ2v) is 5.67. The molecule has 0 amide bonds. The molecule has 2 unspecified atom stereocenters. The molecule has 0 aliphatic heterocycles. The van der Waals surface area contributed by atoms with Gasteiger partial charge in [-0.3, -0.25) is 4.90 Å². The summed E-state index contributed by atoms with van der Waals surface area (Å²) >= 11 is 0. The minimum Gasteiger partial charge on any atom is -0.326 e. The van der Waals surface area contributed by atoms with Crippen LogP contribution in [0.4, 0.5) is 0 Å². The Morgan fingerprint density at radius 3 is 2.05 bits per heavy atom. The van der Waals surface area contributed by atoms with E-state index in [0.29, 0.717) is 0 Å². The van der Waals surface area contributed by atoms with Crippen LogP contribution in [-0.2, 0) is 6.54 Å². The Balaban J connectivity index is 2.25. The first-order valence-corrected chi connectivity index (χ1v) is 7.81. The molecule has 0 saturated heterocycles. The molecule has 0 spiro atoms. The molecule has 2 aromatic carbocycles. The lowest BCUT2D eigenvalue weighted by atomic mass is 9.98. The molecule has 112 valence electrons. The first-order chi connectivity index (χ1) is 10.2. The van der Waals surface area contributed by atoms with Crippen LogP contribution in [-0.4, -0.2) is 17.5 Å². The third-order valence-electron chi connectivity index (χ3n) is 3.77. The van der Waals surface area contributed by atoms with Crippen molar-refractivity contribution in [2.75, 3.05) is 6.54 Å². The molecule has 2 N–H and O–H groups in total. The van der Waals surface area contributed by atoms with Gasteiger partial charge in [-0.05, 0) is 31.0 Å². The van der Waals surface area contributed by atoms with Crippen LogP contribution in [0.1, 0.15) is 37.4 Å². The molecule has 0 heterocycles. The second kappa shape index (κ2) is 7.96. The number of rotatable bonds is 7. The summed E-state index contributed by atoms with van der Waals surface area (Å²) in [5.74, 6) is 0. The van der Waals surface area contributed by atoms with Crippen LogP contribution in [0.2, 0.25) is 0 Å². The lowest BCUT2D eigenvalue weighted by molar-refractivity contribution is 0.168. The Morgan fingerprint density at radius 1 is 0.952 bits per heavy atom. The van der Waals surface area contributed by atoms with Gasteiger partial charge in [-0.15, -0.1) is 0 Å². The second-order valence-electron chi connectivity index (χ2n) is 5.67. The van der Waals surface area contributed by atoms with Gasteiger partial charge in [0, 0.05) is 18.6 Å². The van der Waals surface area contributed by atoms with Gasteiger partial charge in [-0.2, -0.15) is 0 Å². The number of benzene rings is 2. The van der Waals surface area contributed by atoms with E-state index in [1.165, 1.54) is 11.1 Å². The van der Waals surface area contributed by atoms with Crippen LogP contribution in [0.5, 0.6) is 0 Å². The normalized spacial score (nSPS) is 14.1. The van der Waals surface area contributed by atoms with E-state index in [-0.39, 0.29) is 12.1 Å². The van der Waals surface area contributed by atoms with Crippen molar-refractivity contribution in [3.05, 3.63) is 71.8 Å². The van der Waals surface area contributed by atoms with Crippen molar-refractivity contribution in [3.8, 4) is 0 Å². The summed E-state index contributed by atoms with van der Waals surface area (Å²) in [6.07, 6.45) is 1.13. The Hall–Kier alpha value is -1.64. The minimum atomic E-state index is 0.0997. The molecule has 0 bridgehead atoms. The fourth-order valence-electron chi connectivity index (χ4n) is 2.92. The van der Waals surface area contributed by atoms with Crippen molar-refractivity contribution < 1.29 is 0 Å². The molecule has 2 rings (SSSR count). The summed E-state index contributed by atoms with van der Waals surface area (Å²) in [5, 5.41) is 0. The number of nitrogens with two attached hydrogens (primary N) is 1. The number of hydrogen-bond donors (Lipinski definition) is 1. The highest BCUT2D eigenvalue weighted by Gasteiger charge is 2.23. The minimum absolute atomic E-state index is 0.0997. The van der Waals surface area contributed by atoms with E-state index in [4.69, 9.17) is 5.73 Å². The monoisotopic (exact) mass is 282 g/mol. The van der Waals surface area contributed by atoms with Crippen molar-refractivity contribution >= 4 is 0 Å². The van der Waals surface area contributed by atoms with E-state index in [1.807, 2.05) is 0 Å². The van der Waals surface area contributed by atoms with Crippen LogP contribution in [0.3, 0.4) is 0 Å². The molecule has 2 aromatic rings. The standard InChI is InChI=1S/C19H26N2/c1-3-14-21(15-17-10-6-4-7-11-17)19(16(2)20)18-12-8-5-9-13-18/h4-13,16,19H,3,14-15,20H2,1-2H3. The third kappa shape index (κ3) is 4.42. The van der Waals surface area contributed by atoms with Gasteiger partial charge in [-0.25, -0.2) is 0 Å². The lowest BCUT2D eigenvalue weighted by Gasteiger charge is -2.34. The summed E-state index contributed by atoms with van der Waals surface area (Å²) in [6.45, 7) is 6.32. The van der Waals surface area contributed by atoms with Crippen molar-refractivity contribution in [3.63, 3.8) is 0 Å². The van der Waals surface area contributed by atoms with E-state index in [9.17, 15) is 0 Å². The van der Waals surface area contributed by atoms with E-state index < -0.39 is 0 Å². The Kier molecular flexibility index (Phi) is 5.97. The van der Waals surface area contributed by atoms with Crippen LogP contribution in [0, 0.1) is 0 Å². The van der Waals surface area contributed by atoms with Gasteiger partial charge in [0.25, 0.3) is 0 Å². The van der Waals surface area contributed by atoms with Crippen molar-refractivity contribution in [1.82, 2.24) is 4.90 Å². The van der Waals surface area contributed by atoms with Crippen LogP contribution in [0.25, 0.3) is 0 Å². The topological polar surface area (TPSA) is 29.3 Å².